The number of carbonyl (C=O) groups excluding carboxylic acids is 2. The van der Waals surface area contributed by atoms with Crippen molar-refractivity contribution in [1.29, 1.82) is 5.26 Å². The molecule has 0 unspecified atom stereocenters. The summed E-state index contributed by atoms with van der Waals surface area (Å²) in [5.41, 5.74) is 5.75. The molecule has 0 aromatic heterocycles. The summed E-state index contributed by atoms with van der Waals surface area (Å²) in [7, 11) is 0. The van der Waals surface area contributed by atoms with Crippen molar-refractivity contribution in [2.24, 2.45) is 11.1 Å². The van der Waals surface area contributed by atoms with Gasteiger partial charge in [-0.15, -0.1) is 0 Å². The monoisotopic (exact) mass is 227 g/mol. The highest BCUT2D eigenvalue weighted by Crippen LogP contribution is 2.29. The minimum atomic E-state index is -1.13. The summed E-state index contributed by atoms with van der Waals surface area (Å²) in [4.78, 5) is 26.6. The van der Waals surface area contributed by atoms with Crippen molar-refractivity contribution in [2.45, 2.75) is 12.8 Å². The van der Waals surface area contributed by atoms with Gasteiger partial charge in [0.1, 0.15) is 5.41 Å². The van der Waals surface area contributed by atoms with Crippen LogP contribution in [-0.2, 0) is 19.2 Å². The topological polar surface area (TPSA) is 114 Å². The molecule has 0 bridgehead atoms. The summed E-state index contributed by atoms with van der Waals surface area (Å²) in [6, 6.07) is 1.97. The fourth-order valence-corrected chi connectivity index (χ4v) is 1.38. The largest absolute Gasteiger partial charge is 0.381 e. The molecule has 1 saturated heterocycles. The Hall–Kier alpha value is -1.65. The standard InChI is InChI=1S/C9H13N3O4/c10-6-9(1-3-15-4-2-9)8(14)12-16-5-7(11)13/h1-5H2,(H2,11,13)(H,12,14). The van der Waals surface area contributed by atoms with E-state index in [9.17, 15) is 9.59 Å². The summed E-state index contributed by atoms with van der Waals surface area (Å²) in [5.74, 6) is -1.25. The lowest BCUT2D eigenvalue weighted by atomic mass is 9.81. The van der Waals surface area contributed by atoms with E-state index in [1.807, 2.05) is 6.07 Å². The third-order valence-electron chi connectivity index (χ3n) is 2.37. The molecule has 0 spiro atoms. The van der Waals surface area contributed by atoms with Gasteiger partial charge in [-0.05, 0) is 12.8 Å². The van der Waals surface area contributed by atoms with Gasteiger partial charge in [0, 0.05) is 13.2 Å². The molecule has 1 fully saturated rings. The lowest BCUT2D eigenvalue weighted by Crippen LogP contribution is -2.44. The molecule has 1 heterocycles. The smallest absolute Gasteiger partial charge is 0.264 e. The second kappa shape index (κ2) is 5.44. The van der Waals surface area contributed by atoms with E-state index >= 15 is 0 Å². The normalized spacial score (nSPS) is 18.4. The summed E-state index contributed by atoms with van der Waals surface area (Å²) in [6.45, 7) is 0.303. The van der Waals surface area contributed by atoms with Gasteiger partial charge in [0.15, 0.2) is 6.61 Å². The van der Waals surface area contributed by atoms with E-state index in [-0.39, 0.29) is 0 Å². The molecule has 7 heteroatoms. The summed E-state index contributed by atoms with van der Waals surface area (Å²) in [5, 5.41) is 9.01. The van der Waals surface area contributed by atoms with Gasteiger partial charge in [-0.25, -0.2) is 5.48 Å². The molecular formula is C9H13N3O4. The Morgan fingerprint density at radius 1 is 1.50 bits per heavy atom. The van der Waals surface area contributed by atoms with E-state index in [0.29, 0.717) is 26.1 Å². The van der Waals surface area contributed by atoms with Gasteiger partial charge in [-0.2, -0.15) is 5.26 Å². The second-order valence-corrected chi connectivity index (χ2v) is 3.49. The first kappa shape index (κ1) is 12.4. The number of nitrogens with zero attached hydrogens (tertiary/aromatic N) is 1. The number of nitrogens with one attached hydrogen (secondary N) is 1. The number of nitrogens with two attached hydrogens (primary N) is 1. The van der Waals surface area contributed by atoms with Crippen LogP contribution < -0.4 is 11.2 Å². The third-order valence-corrected chi connectivity index (χ3v) is 2.37. The Bertz CT molecular complexity index is 317. The fourth-order valence-electron chi connectivity index (χ4n) is 1.38. The Morgan fingerprint density at radius 3 is 2.62 bits per heavy atom. The van der Waals surface area contributed by atoms with Crippen LogP contribution in [0.15, 0.2) is 0 Å². The number of hydrogen-bond donors (Lipinski definition) is 2. The van der Waals surface area contributed by atoms with Gasteiger partial charge < -0.3 is 10.5 Å². The number of hydroxylamine groups is 1. The zero-order valence-electron chi connectivity index (χ0n) is 8.69. The third kappa shape index (κ3) is 2.92. The minimum Gasteiger partial charge on any atom is -0.381 e. The molecular weight excluding hydrogens is 214 g/mol. The average Bonchev–Trinajstić information content (AvgIpc) is 2.29. The van der Waals surface area contributed by atoms with Crippen LogP contribution in [0.2, 0.25) is 0 Å². The van der Waals surface area contributed by atoms with Gasteiger partial charge in [-0.3, -0.25) is 14.4 Å². The molecule has 0 atom stereocenters. The highest BCUT2D eigenvalue weighted by atomic mass is 16.7. The Labute approximate surface area is 92.4 Å². The number of carbonyl (C=O) groups is 2. The van der Waals surface area contributed by atoms with Crippen LogP contribution in [0.3, 0.4) is 0 Å². The van der Waals surface area contributed by atoms with Crippen LogP contribution in [0.4, 0.5) is 0 Å². The number of rotatable bonds is 4. The highest BCUT2D eigenvalue weighted by molar-refractivity contribution is 5.85. The molecule has 0 saturated carbocycles. The van der Waals surface area contributed by atoms with Crippen LogP contribution in [0.1, 0.15) is 12.8 Å². The first-order valence-electron chi connectivity index (χ1n) is 4.80. The van der Waals surface area contributed by atoms with Crippen LogP contribution >= 0.6 is 0 Å². The van der Waals surface area contributed by atoms with Crippen molar-refractivity contribution in [3.63, 3.8) is 0 Å². The lowest BCUT2D eigenvalue weighted by molar-refractivity contribution is -0.147. The van der Waals surface area contributed by atoms with Crippen molar-refractivity contribution in [3.8, 4) is 6.07 Å². The molecule has 7 nitrogen and oxygen atoms in total. The van der Waals surface area contributed by atoms with E-state index in [0.717, 1.165) is 0 Å². The van der Waals surface area contributed by atoms with E-state index in [1.165, 1.54) is 0 Å². The van der Waals surface area contributed by atoms with Gasteiger partial charge in [0.2, 0.25) is 5.91 Å². The highest BCUT2D eigenvalue weighted by Gasteiger charge is 2.40. The van der Waals surface area contributed by atoms with Crippen LogP contribution in [0, 0.1) is 16.7 Å². The molecule has 2 amide bonds. The molecule has 0 aromatic rings. The van der Waals surface area contributed by atoms with Crippen LogP contribution in [0.25, 0.3) is 0 Å². The van der Waals surface area contributed by atoms with Crippen LogP contribution in [0.5, 0.6) is 0 Å². The Kier molecular flexibility index (Phi) is 4.22. The van der Waals surface area contributed by atoms with Gasteiger partial charge in [0.25, 0.3) is 5.91 Å². The molecule has 1 aliphatic rings. The van der Waals surface area contributed by atoms with Gasteiger partial charge in [0.05, 0.1) is 6.07 Å². The Balaban J connectivity index is 2.49. The molecule has 3 N–H and O–H groups in total. The van der Waals surface area contributed by atoms with E-state index in [4.69, 9.17) is 15.7 Å². The summed E-state index contributed by atoms with van der Waals surface area (Å²) in [6.07, 6.45) is 0.629. The van der Waals surface area contributed by atoms with Crippen molar-refractivity contribution in [3.05, 3.63) is 0 Å². The quantitative estimate of drug-likeness (QED) is 0.588. The SMILES string of the molecule is N#CC1(C(=O)NOCC(N)=O)CCOCC1. The number of amides is 2. The van der Waals surface area contributed by atoms with Crippen molar-refractivity contribution >= 4 is 11.8 Å². The molecule has 16 heavy (non-hydrogen) atoms. The zero-order valence-corrected chi connectivity index (χ0v) is 8.69. The van der Waals surface area contributed by atoms with Crippen LogP contribution in [-0.4, -0.2) is 31.6 Å². The molecule has 88 valence electrons. The zero-order chi connectivity index (χ0) is 12.0. The number of hydrogen-bond acceptors (Lipinski definition) is 5. The molecule has 1 aliphatic heterocycles. The molecule has 0 radical (unpaired) electrons. The predicted octanol–water partition coefficient (Wildman–Crippen LogP) is -1.16. The maximum absolute atomic E-state index is 11.7. The van der Waals surface area contributed by atoms with E-state index in [2.05, 4.69) is 10.3 Å². The average molecular weight is 227 g/mol. The predicted molar refractivity (Wildman–Crippen MR) is 51.4 cm³/mol. The fraction of sp³-hybridized carbons (Fsp3) is 0.667. The second-order valence-electron chi connectivity index (χ2n) is 3.49. The minimum absolute atomic E-state index is 0.315. The number of primary amides is 1. The van der Waals surface area contributed by atoms with Crippen molar-refractivity contribution < 1.29 is 19.2 Å². The van der Waals surface area contributed by atoms with Crippen molar-refractivity contribution in [2.75, 3.05) is 19.8 Å². The first-order valence-corrected chi connectivity index (χ1v) is 4.80. The number of nitriles is 1. The maximum atomic E-state index is 11.7. The van der Waals surface area contributed by atoms with Gasteiger partial charge >= 0.3 is 0 Å². The Morgan fingerprint density at radius 2 is 2.12 bits per heavy atom. The number of ether oxygens (including phenoxy) is 1. The van der Waals surface area contributed by atoms with Crippen molar-refractivity contribution in [1.82, 2.24) is 5.48 Å². The molecule has 0 aromatic carbocycles. The van der Waals surface area contributed by atoms with Gasteiger partial charge in [-0.1, -0.05) is 0 Å². The lowest BCUT2D eigenvalue weighted by Gasteiger charge is -2.28. The maximum Gasteiger partial charge on any atom is 0.264 e. The first-order chi connectivity index (χ1) is 7.60. The molecule has 0 aliphatic carbocycles. The molecule has 1 rings (SSSR count). The summed E-state index contributed by atoms with van der Waals surface area (Å²) >= 11 is 0. The van der Waals surface area contributed by atoms with E-state index < -0.39 is 23.8 Å². The van der Waals surface area contributed by atoms with E-state index in [1.54, 1.807) is 0 Å². The summed E-state index contributed by atoms with van der Waals surface area (Å²) < 4.78 is 5.07.